The van der Waals surface area contributed by atoms with E-state index in [4.69, 9.17) is 14.5 Å². The lowest BCUT2D eigenvalue weighted by Crippen LogP contribution is -2.42. The van der Waals surface area contributed by atoms with Crippen LogP contribution >= 0.6 is 0 Å². The van der Waals surface area contributed by atoms with Crippen molar-refractivity contribution in [2.45, 2.75) is 53.1 Å². The molecule has 0 aliphatic carbocycles. The van der Waals surface area contributed by atoms with E-state index in [1.807, 2.05) is 12.1 Å². The van der Waals surface area contributed by atoms with Gasteiger partial charge >= 0.3 is 0 Å². The average molecular weight is 448 g/mol. The summed E-state index contributed by atoms with van der Waals surface area (Å²) in [4.78, 5) is 9.70. The molecule has 2 rings (SSSR count). The lowest BCUT2D eigenvalue weighted by Gasteiger charge is -2.26. The standard InChI is InChI=1S/C25H45N5O2/c1-5-26-25(28-22(4)11-10-14-29(6-2)7-3)27-21-23-12-8-9-13-24(23)32-20-17-30-15-18-31-19-16-30/h8-9,12-13,22H,5-7,10-11,14-21H2,1-4H3,(H2,26,27,28). The second kappa shape index (κ2) is 15.9. The van der Waals surface area contributed by atoms with Gasteiger partial charge in [0, 0.05) is 37.8 Å². The number of hydrogen-bond acceptors (Lipinski definition) is 5. The Kier molecular flexibility index (Phi) is 13.1. The zero-order chi connectivity index (χ0) is 23.0. The first-order valence-electron chi connectivity index (χ1n) is 12.4. The Morgan fingerprint density at radius 1 is 1.19 bits per heavy atom. The summed E-state index contributed by atoms with van der Waals surface area (Å²) in [7, 11) is 0. The SMILES string of the molecule is CCNC(=NCc1ccccc1OCCN1CCOCC1)NC(C)CCCN(CC)CC. The highest BCUT2D eigenvalue weighted by Gasteiger charge is 2.11. The van der Waals surface area contributed by atoms with E-state index in [-0.39, 0.29) is 0 Å². The third kappa shape index (κ3) is 10.2. The second-order valence-corrected chi connectivity index (χ2v) is 8.32. The number of morpholine rings is 1. The topological polar surface area (TPSA) is 61.4 Å². The van der Waals surface area contributed by atoms with Gasteiger partial charge in [0.15, 0.2) is 5.96 Å². The monoisotopic (exact) mass is 447 g/mol. The van der Waals surface area contributed by atoms with Crippen LogP contribution in [0.2, 0.25) is 0 Å². The average Bonchev–Trinajstić information content (AvgIpc) is 2.82. The maximum absolute atomic E-state index is 6.11. The van der Waals surface area contributed by atoms with E-state index in [1.54, 1.807) is 0 Å². The molecule has 0 amide bonds. The van der Waals surface area contributed by atoms with Crippen LogP contribution in [0.4, 0.5) is 0 Å². The number of nitrogens with zero attached hydrogens (tertiary/aromatic N) is 3. The van der Waals surface area contributed by atoms with Gasteiger partial charge in [0.1, 0.15) is 12.4 Å². The van der Waals surface area contributed by atoms with E-state index in [2.05, 4.69) is 60.3 Å². The van der Waals surface area contributed by atoms with Gasteiger partial charge in [-0.25, -0.2) is 4.99 Å². The molecule has 1 aliphatic heterocycles. The predicted octanol–water partition coefficient (Wildman–Crippen LogP) is 2.96. The Bertz CT molecular complexity index is 645. The molecule has 1 saturated heterocycles. The molecule has 0 spiro atoms. The van der Waals surface area contributed by atoms with Gasteiger partial charge < -0.3 is 25.0 Å². The summed E-state index contributed by atoms with van der Waals surface area (Å²) < 4.78 is 11.5. The van der Waals surface area contributed by atoms with Crippen molar-refractivity contribution in [1.82, 2.24) is 20.4 Å². The Morgan fingerprint density at radius 3 is 2.66 bits per heavy atom. The third-order valence-corrected chi connectivity index (χ3v) is 5.88. The Hall–Kier alpha value is -1.83. The van der Waals surface area contributed by atoms with Crippen LogP contribution in [0.15, 0.2) is 29.3 Å². The molecule has 1 heterocycles. The minimum absolute atomic E-state index is 0.378. The van der Waals surface area contributed by atoms with E-state index < -0.39 is 0 Å². The number of guanidine groups is 1. The van der Waals surface area contributed by atoms with Crippen LogP contribution in [0, 0.1) is 0 Å². The quantitative estimate of drug-likeness (QED) is 0.338. The summed E-state index contributed by atoms with van der Waals surface area (Å²) in [5.41, 5.74) is 1.11. The fourth-order valence-corrected chi connectivity index (χ4v) is 3.84. The van der Waals surface area contributed by atoms with Gasteiger partial charge in [-0.05, 0) is 52.4 Å². The Morgan fingerprint density at radius 2 is 1.94 bits per heavy atom. The normalized spacial score (nSPS) is 16.2. The van der Waals surface area contributed by atoms with Crippen molar-refractivity contribution < 1.29 is 9.47 Å². The van der Waals surface area contributed by atoms with Crippen molar-refractivity contribution in [2.24, 2.45) is 4.99 Å². The van der Waals surface area contributed by atoms with E-state index in [0.29, 0.717) is 19.2 Å². The number of ether oxygens (including phenoxy) is 2. The molecule has 1 atom stereocenters. The smallest absolute Gasteiger partial charge is 0.191 e. The van der Waals surface area contributed by atoms with Crippen molar-refractivity contribution in [2.75, 3.05) is 65.6 Å². The Balaban J connectivity index is 1.84. The van der Waals surface area contributed by atoms with Gasteiger partial charge in [-0.1, -0.05) is 32.0 Å². The zero-order valence-corrected chi connectivity index (χ0v) is 20.7. The number of rotatable bonds is 14. The van der Waals surface area contributed by atoms with Gasteiger partial charge in [0.05, 0.1) is 19.8 Å². The number of nitrogens with one attached hydrogen (secondary N) is 2. The number of benzene rings is 1. The molecule has 1 unspecified atom stereocenters. The highest BCUT2D eigenvalue weighted by Crippen LogP contribution is 2.19. The largest absolute Gasteiger partial charge is 0.492 e. The van der Waals surface area contributed by atoms with Gasteiger partial charge in [-0.15, -0.1) is 0 Å². The minimum atomic E-state index is 0.378. The van der Waals surface area contributed by atoms with E-state index in [0.717, 1.165) is 82.7 Å². The molecule has 1 fully saturated rings. The summed E-state index contributed by atoms with van der Waals surface area (Å²) in [5.74, 6) is 1.79. The molecule has 0 bridgehead atoms. The van der Waals surface area contributed by atoms with E-state index in [1.165, 1.54) is 6.42 Å². The molecule has 7 nitrogen and oxygen atoms in total. The lowest BCUT2D eigenvalue weighted by atomic mass is 10.2. The number of aliphatic imine (C=N–C) groups is 1. The van der Waals surface area contributed by atoms with Gasteiger partial charge in [0.25, 0.3) is 0 Å². The maximum atomic E-state index is 6.11. The fourth-order valence-electron chi connectivity index (χ4n) is 3.84. The van der Waals surface area contributed by atoms with Crippen molar-refractivity contribution in [1.29, 1.82) is 0 Å². The van der Waals surface area contributed by atoms with Crippen molar-refractivity contribution >= 4 is 5.96 Å². The fraction of sp³-hybridized carbons (Fsp3) is 0.720. The van der Waals surface area contributed by atoms with E-state index in [9.17, 15) is 0 Å². The molecule has 0 radical (unpaired) electrons. The molecule has 182 valence electrons. The van der Waals surface area contributed by atoms with Crippen LogP contribution in [-0.4, -0.2) is 87.4 Å². The maximum Gasteiger partial charge on any atom is 0.191 e. The molecule has 1 aromatic carbocycles. The summed E-state index contributed by atoms with van der Waals surface area (Å²) in [6, 6.07) is 8.60. The summed E-state index contributed by atoms with van der Waals surface area (Å²) >= 11 is 0. The van der Waals surface area contributed by atoms with Crippen molar-refractivity contribution in [3.8, 4) is 5.75 Å². The van der Waals surface area contributed by atoms with Gasteiger partial charge in [0.2, 0.25) is 0 Å². The summed E-state index contributed by atoms with van der Waals surface area (Å²) in [5, 5.41) is 6.94. The third-order valence-electron chi connectivity index (χ3n) is 5.88. The summed E-state index contributed by atoms with van der Waals surface area (Å²) in [6.45, 7) is 18.8. The molecular formula is C25H45N5O2. The molecule has 7 heteroatoms. The van der Waals surface area contributed by atoms with Crippen LogP contribution in [-0.2, 0) is 11.3 Å². The number of hydrogen-bond donors (Lipinski definition) is 2. The van der Waals surface area contributed by atoms with Crippen LogP contribution in [0.25, 0.3) is 0 Å². The predicted molar refractivity (Wildman–Crippen MR) is 134 cm³/mol. The second-order valence-electron chi connectivity index (χ2n) is 8.32. The first-order valence-corrected chi connectivity index (χ1v) is 12.4. The van der Waals surface area contributed by atoms with Crippen LogP contribution < -0.4 is 15.4 Å². The van der Waals surface area contributed by atoms with Crippen LogP contribution in [0.3, 0.4) is 0 Å². The molecule has 1 aliphatic rings. The first kappa shape index (κ1) is 26.4. The molecule has 32 heavy (non-hydrogen) atoms. The molecule has 2 N–H and O–H groups in total. The van der Waals surface area contributed by atoms with E-state index >= 15 is 0 Å². The van der Waals surface area contributed by atoms with Crippen molar-refractivity contribution in [3.63, 3.8) is 0 Å². The zero-order valence-electron chi connectivity index (χ0n) is 20.7. The highest BCUT2D eigenvalue weighted by molar-refractivity contribution is 5.80. The molecule has 1 aromatic rings. The molecule has 0 saturated carbocycles. The Labute approximate surface area is 195 Å². The summed E-state index contributed by atoms with van der Waals surface area (Å²) in [6.07, 6.45) is 2.32. The lowest BCUT2D eigenvalue weighted by molar-refractivity contribution is 0.0322. The minimum Gasteiger partial charge on any atom is -0.492 e. The van der Waals surface area contributed by atoms with Gasteiger partial charge in [-0.2, -0.15) is 0 Å². The van der Waals surface area contributed by atoms with Crippen LogP contribution in [0.1, 0.15) is 46.1 Å². The highest BCUT2D eigenvalue weighted by atomic mass is 16.5. The molecular weight excluding hydrogens is 402 g/mol. The number of para-hydroxylation sites is 1. The first-order chi connectivity index (χ1) is 15.7. The van der Waals surface area contributed by atoms with Crippen LogP contribution in [0.5, 0.6) is 5.75 Å². The van der Waals surface area contributed by atoms with Crippen molar-refractivity contribution in [3.05, 3.63) is 29.8 Å². The van der Waals surface area contributed by atoms with Gasteiger partial charge in [-0.3, -0.25) is 4.90 Å². The molecule has 0 aromatic heterocycles.